The van der Waals surface area contributed by atoms with E-state index < -0.39 is 0 Å². The van der Waals surface area contributed by atoms with Crippen LogP contribution in [0.25, 0.3) is 0 Å². The number of likely N-dealkylation sites (N-methyl/N-ethyl adjacent to an activating group) is 1. The molecule has 0 bridgehead atoms. The third-order valence-corrected chi connectivity index (χ3v) is 5.25. The van der Waals surface area contributed by atoms with Crippen LogP contribution in [0.15, 0.2) is 0 Å². The van der Waals surface area contributed by atoms with Crippen LogP contribution < -0.4 is 5.73 Å². The van der Waals surface area contributed by atoms with Crippen molar-refractivity contribution in [1.29, 1.82) is 0 Å². The van der Waals surface area contributed by atoms with E-state index in [-0.39, 0.29) is 0 Å². The second-order valence-electron chi connectivity index (χ2n) is 6.50. The van der Waals surface area contributed by atoms with E-state index in [9.17, 15) is 0 Å². The summed E-state index contributed by atoms with van der Waals surface area (Å²) >= 11 is 0. The number of nitrogens with two attached hydrogens (primary N) is 1. The van der Waals surface area contributed by atoms with Crippen LogP contribution in [-0.2, 0) is 0 Å². The van der Waals surface area contributed by atoms with E-state index in [0.29, 0.717) is 6.04 Å². The lowest BCUT2D eigenvalue weighted by atomic mass is 9.76. The molecule has 4 atom stereocenters. The SMILES string of the molecule is CCC1CCC(CN)C(N2CCN(C)CC2C)C1. The highest BCUT2D eigenvalue weighted by Gasteiger charge is 2.36. The predicted molar refractivity (Wildman–Crippen MR) is 77.6 cm³/mol. The minimum Gasteiger partial charge on any atom is -0.330 e. The van der Waals surface area contributed by atoms with E-state index in [2.05, 4.69) is 30.7 Å². The Hall–Kier alpha value is -0.120. The molecule has 4 unspecified atom stereocenters. The molecule has 3 heteroatoms. The Bertz CT molecular complexity index is 256. The van der Waals surface area contributed by atoms with Crippen molar-refractivity contribution in [3.05, 3.63) is 0 Å². The smallest absolute Gasteiger partial charge is 0.0198 e. The van der Waals surface area contributed by atoms with Gasteiger partial charge in [0.1, 0.15) is 0 Å². The summed E-state index contributed by atoms with van der Waals surface area (Å²) in [6, 6.07) is 1.44. The maximum Gasteiger partial charge on any atom is 0.0198 e. The molecule has 1 aliphatic carbocycles. The lowest BCUT2D eigenvalue weighted by Crippen LogP contribution is -2.58. The van der Waals surface area contributed by atoms with Gasteiger partial charge in [-0.2, -0.15) is 0 Å². The number of hydrogen-bond donors (Lipinski definition) is 1. The molecule has 18 heavy (non-hydrogen) atoms. The maximum absolute atomic E-state index is 6.02. The number of piperazine rings is 1. The zero-order valence-corrected chi connectivity index (χ0v) is 12.4. The highest BCUT2D eigenvalue weighted by Crippen LogP contribution is 2.35. The van der Waals surface area contributed by atoms with Gasteiger partial charge in [-0.05, 0) is 45.2 Å². The fourth-order valence-corrected chi connectivity index (χ4v) is 3.99. The van der Waals surface area contributed by atoms with Crippen LogP contribution in [0.2, 0.25) is 0 Å². The Morgan fingerprint density at radius 1 is 1.22 bits per heavy atom. The molecular weight excluding hydrogens is 222 g/mol. The van der Waals surface area contributed by atoms with E-state index >= 15 is 0 Å². The molecule has 2 fully saturated rings. The number of hydrogen-bond acceptors (Lipinski definition) is 3. The van der Waals surface area contributed by atoms with E-state index in [0.717, 1.165) is 24.4 Å². The van der Waals surface area contributed by atoms with Gasteiger partial charge in [-0.15, -0.1) is 0 Å². The lowest BCUT2D eigenvalue weighted by Gasteiger charge is -2.48. The summed E-state index contributed by atoms with van der Waals surface area (Å²) in [5.74, 6) is 1.67. The van der Waals surface area contributed by atoms with Gasteiger partial charge in [-0.25, -0.2) is 0 Å². The first-order chi connectivity index (χ1) is 8.65. The highest BCUT2D eigenvalue weighted by atomic mass is 15.3. The van der Waals surface area contributed by atoms with Gasteiger partial charge in [-0.1, -0.05) is 19.8 Å². The summed E-state index contributed by atoms with van der Waals surface area (Å²) in [7, 11) is 2.24. The van der Waals surface area contributed by atoms with Crippen LogP contribution in [0, 0.1) is 11.8 Å². The van der Waals surface area contributed by atoms with E-state index in [1.54, 1.807) is 0 Å². The van der Waals surface area contributed by atoms with Crippen molar-refractivity contribution >= 4 is 0 Å². The van der Waals surface area contributed by atoms with Crippen molar-refractivity contribution in [2.45, 2.75) is 51.6 Å². The molecule has 2 rings (SSSR count). The van der Waals surface area contributed by atoms with Crippen molar-refractivity contribution < 1.29 is 0 Å². The van der Waals surface area contributed by atoms with Gasteiger partial charge in [0.25, 0.3) is 0 Å². The van der Waals surface area contributed by atoms with E-state index in [1.165, 1.54) is 45.3 Å². The van der Waals surface area contributed by atoms with Gasteiger partial charge < -0.3 is 10.6 Å². The molecule has 1 saturated carbocycles. The van der Waals surface area contributed by atoms with E-state index in [4.69, 9.17) is 5.73 Å². The highest BCUT2D eigenvalue weighted by molar-refractivity contribution is 4.91. The summed E-state index contributed by atoms with van der Waals surface area (Å²) in [5.41, 5.74) is 6.02. The Balaban J connectivity index is 2.02. The zero-order valence-electron chi connectivity index (χ0n) is 12.4. The normalized spacial score (nSPS) is 40.0. The molecule has 0 amide bonds. The average Bonchev–Trinajstić information content (AvgIpc) is 2.38. The molecule has 2 aliphatic rings. The molecule has 0 radical (unpaired) electrons. The van der Waals surface area contributed by atoms with Gasteiger partial charge >= 0.3 is 0 Å². The Kier molecular flexibility index (Phi) is 5.05. The molecule has 1 aliphatic heterocycles. The first-order valence-corrected chi connectivity index (χ1v) is 7.80. The summed E-state index contributed by atoms with van der Waals surface area (Å²) in [5, 5.41) is 0. The molecule has 0 aromatic rings. The van der Waals surface area contributed by atoms with Crippen LogP contribution in [0.1, 0.15) is 39.5 Å². The van der Waals surface area contributed by atoms with Gasteiger partial charge in [-0.3, -0.25) is 4.90 Å². The summed E-state index contributed by atoms with van der Waals surface area (Å²) in [6.45, 7) is 9.27. The zero-order chi connectivity index (χ0) is 13.1. The Labute approximate surface area is 113 Å². The standard InChI is InChI=1S/C15H31N3/c1-4-13-5-6-14(10-16)15(9-13)18-8-7-17(3)11-12(18)2/h12-15H,4-11,16H2,1-3H3. The average molecular weight is 253 g/mol. The molecule has 0 spiro atoms. The molecule has 1 saturated heterocycles. The van der Waals surface area contributed by atoms with Crippen molar-refractivity contribution in [3.63, 3.8) is 0 Å². The number of rotatable bonds is 3. The number of nitrogens with zero attached hydrogens (tertiary/aromatic N) is 2. The van der Waals surface area contributed by atoms with Crippen LogP contribution in [0.5, 0.6) is 0 Å². The minimum atomic E-state index is 0.693. The second kappa shape index (κ2) is 6.36. The summed E-state index contributed by atoms with van der Waals surface area (Å²) in [4.78, 5) is 5.22. The first kappa shape index (κ1) is 14.3. The van der Waals surface area contributed by atoms with Crippen LogP contribution >= 0.6 is 0 Å². The first-order valence-electron chi connectivity index (χ1n) is 7.80. The van der Waals surface area contributed by atoms with E-state index in [1.807, 2.05) is 0 Å². The quantitative estimate of drug-likeness (QED) is 0.832. The molecule has 0 aromatic heterocycles. The van der Waals surface area contributed by atoms with Crippen molar-refractivity contribution in [2.24, 2.45) is 17.6 Å². The molecule has 1 heterocycles. The van der Waals surface area contributed by atoms with Gasteiger partial charge in [0.15, 0.2) is 0 Å². The van der Waals surface area contributed by atoms with Crippen LogP contribution in [-0.4, -0.2) is 55.1 Å². The van der Waals surface area contributed by atoms with Crippen molar-refractivity contribution in [1.82, 2.24) is 9.80 Å². The fraction of sp³-hybridized carbons (Fsp3) is 1.00. The van der Waals surface area contributed by atoms with Crippen LogP contribution in [0.3, 0.4) is 0 Å². The minimum absolute atomic E-state index is 0.693. The fourth-order valence-electron chi connectivity index (χ4n) is 3.99. The Morgan fingerprint density at radius 3 is 2.61 bits per heavy atom. The lowest BCUT2D eigenvalue weighted by molar-refractivity contribution is 0.00842. The predicted octanol–water partition coefficient (Wildman–Crippen LogP) is 1.78. The topological polar surface area (TPSA) is 32.5 Å². The Morgan fingerprint density at radius 2 is 2.00 bits per heavy atom. The molecular formula is C15H31N3. The summed E-state index contributed by atoms with van der Waals surface area (Å²) < 4.78 is 0. The molecule has 106 valence electrons. The van der Waals surface area contributed by atoms with Gasteiger partial charge in [0.2, 0.25) is 0 Å². The monoisotopic (exact) mass is 253 g/mol. The third kappa shape index (κ3) is 3.06. The molecule has 3 nitrogen and oxygen atoms in total. The molecule has 2 N–H and O–H groups in total. The third-order valence-electron chi connectivity index (χ3n) is 5.25. The largest absolute Gasteiger partial charge is 0.330 e. The van der Waals surface area contributed by atoms with Crippen LogP contribution in [0.4, 0.5) is 0 Å². The van der Waals surface area contributed by atoms with Gasteiger partial charge in [0.05, 0.1) is 0 Å². The maximum atomic E-state index is 6.02. The van der Waals surface area contributed by atoms with Crippen molar-refractivity contribution in [2.75, 3.05) is 33.2 Å². The summed E-state index contributed by atoms with van der Waals surface area (Å²) in [6.07, 6.45) is 5.47. The second-order valence-corrected chi connectivity index (χ2v) is 6.50. The van der Waals surface area contributed by atoms with Crippen molar-refractivity contribution in [3.8, 4) is 0 Å². The van der Waals surface area contributed by atoms with Gasteiger partial charge in [0, 0.05) is 31.7 Å². The molecule has 0 aromatic carbocycles.